The maximum atomic E-state index is 13.8. The summed E-state index contributed by atoms with van der Waals surface area (Å²) in [4.78, 5) is 84.4. The number of nitrogens with one attached hydrogen (secondary N) is 8. The summed E-state index contributed by atoms with van der Waals surface area (Å²) in [6, 6.07) is -4.06. The van der Waals surface area contributed by atoms with Gasteiger partial charge in [-0.3, -0.25) is 33.8 Å². The van der Waals surface area contributed by atoms with Crippen molar-refractivity contribution in [3.8, 4) is 0 Å². The fourth-order valence-corrected chi connectivity index (χ4v) is 5.31. The highest BCUT2D eigenvalue weighted by atomic mass is 35.5. The maximum absolute atomic E-state index is 13.8. The summed E-state index contributed by atoms with van der Waals surface area (Å²) >= 11 is 12.1. The first-order valence-electron chi connectivity index (χ1n) is 16.3. The Bertz CT molecular complexity index is 1580. The van der Waals surface area contributed by atoms with Gasteiger partial charge in [0.15, 0.2) is 5.96 Å². The van der Waals surface area contributed by atoms with Crippen molar-refractivity contribution in [3.63, 3.8) is 0 Å². The van der Waals surface area contributed by atoms with E-state index in [0.717, 1.165) is 6.20 Å². The molecule has 1 saturated heterocycles. The Morgan fingerprint density at radius 2 is 1.66 bits per heavy atom. The van der Waals surface area contributed by atoms with E-state index in [0.29, 0.717) is 5.69 Å². The number of guanidine groups is 1. The molecule has 6 amide bonds. The lowest BCUT2D eigenvalue weighted by molar-refractivity contribution is -0.135. The third-order valence-electron chi connectivity index (χ3n) is 7.97. The molecule has 3 rings (SSSR count). The molecule has 21 nitrogen and oxygen atoms in total. The molecule has 0 radical (unpaired) electrons. The molecule has 1 aromatic rings. The summed E-state index contributed by atoms with van der Waals surface area (Å²) in [6.07, 6.45) is -0.272. The number of nitrogens with two attached hydrogens (primary N) is 3. The SMILES string of the molecule is NCC[C@@H](O)[C@H](N)CC(=O)NC1CNC(=O)[C@@H](C2CCN=C(N)N2)NC(=O)/C(=C/Nc2ccc(Cl)c(Cl)c2)NC(=O)[C@@H](CO)NC(=O)[C@@H](CO)NC1=O. The molecule has 17 N–H and O–H groups in total. The van der Waals surface area contributed by atoms with Crippen LogP contribution in [0.3, 0.4) is 0 Å². The number of hydrogen-bond acceptors (Lipinski definition) is 15. The number of carbonyl (C=O) groups excluding carboxylic acids is 6. The van der Waals surface area contributed by atoms with Gasteiger partial charge >= 0.3 is 0 Å². The zero-order valence-corrected chi connectivity index (χ0v) is 29.7. The number of benzene rings is 1. The Kier molecular flexibility index (Phi) is 16.5. The van der Waals surface area contributed by atoms with Crippen LogP contribution in [0.25, 0.3) is 0 Å². The number of aliphatic hydroxyl groups excluding tert-OH is 3. The van der Waals surface area contributed by atoms with Gasteiger partial charge in [-0.15, -0.1) is 0 Å². The number of hydrogen-bond donors (Lipinski definition) is 14. The van der Waals surface area contributed by atoms with E-state index in [1.807, 2.05) is 0 Å². The third kappa shape index (κ3) is 12.7. The van der Waals surface area contributed by atoms with Gasteiger partial charge in [0.1, 0.15) is 29.9 Å². The normalized spacial score (nSPS) is 25.3. The Balaban J connectivity index is 2.02. The molecule has 0 aliphatic carbocycles. The highest BCUT2D eigenvalue weighted by molar-refractivity contribution is 6.42. The second kappa shape index (κ2) is 20.5. The van der Waals surface area contributed by atoms with Crippen LogP contribution >= 0.6 is 23.2 Å². The van der Waals surface area contributed by atoms with Crippen molar-refractivity contribution in [2.24, 2.45) is 22.2 Å². The van der Waals surface area contributed by atoms with E-state index in [2.05, 4.69) is 47.5 Å². The molecular weight excluding hydrogens is 743 g/mol. The first-order chi connectivity index (χ1) is 25.2. The van der Waals surface area contributed by atoms with Crippen LogP contribution in [0.2, 0.25) is 10.0 Å². The number of nitrogens with zero attached hydrogens (tertiary/aromatic N) is 1. The molecule has 7 atom stereocenters. The lowest BCUT2D eigenvalue weighted by Crippen LogP contribution is -2.64. The van der Waals surface area contributed by atoms with Crippen molar-refractivity contribution >= 4 is 70.3 Å². The number of anilines is 1. The molecule has 0 bridgehead atoms. The first kappa shape index (κ1) is 42.6. The average Bonchev–Trinajstić information content (AvgIpc) is 3.12. The maximum Gasteiger partial charge on any atom is 0.270 e. The molecule has 0 saturated carbocycles. The smallest absolute Gasteiger partial charge is 0.270 e. The van der Waals surface area contributed by atoms with Gasteiger partial charge in [-0.2, -0.15) is 0 Å². The summed E-state index contributed by atoms with van der Waals surface area (Å²) in [5, 5.41) is 50.2. The zero-order valence-electron chi connectivity index (χ0n) is 28.2. The van der Waals surface area contributed by atoms with Gasteiger partial charge in [0.2, 0.25) is 29.5 Å². The average molecular weight is 788 g/mol. The predicted molar refractivity (Wildman–Crippen MR) is 192 cm³/mol. The Morgan fingerprint density at radius 1 is 0.981 bits per heavy atom. The van der Waals surface area contributed by atoms with Gasteiger partial charge in [0.25, 0.3) is 5.91 Å². The van der Waals surface area contributed by atoms with Gasteiger partial charge in [0.05, 0.1) is 35.4 Å². The molecule has 1 aromatic carbocycles. The van der Waals surface area contributed by atoms with Gasteiger partial charge in [-0.05, 0) is 37.6 Å². The molecule has 2 aliphatic heterocycles. The number of amides is 6. The largest absolute Gasteiger partial charge is 0.394 e. The minimum absolute atomic E-state index is 0.0324. The van der Waals surface area contributed by atoms with Crippen LogP contribution in [0.15, 0.2) is 35.1 Å². The van der Waals surface area contributed by atoms with Crippen LogP contribution in [-0.2, 0) is 28.8 Å². The minimum atomic E-state index is -1.73. The summed E-state index contributed by atoms with van der Waals surface area (Å²) in [7, 11) is 0. The zero-order chi connectivity index (χ0) is 39.2. The van der Waals surface area contributed by atoms with Crippen LogP contribution in [0.5, 0.6) is 0 Å². The monoisotopic (exact) mass is 786 g/mol. The molecular formula is C30H44Cl2N12O9. The number of aliphatic hydroxyl groups is 3. The van der Waals surface area contributed by atoms with Crippen molar-refractivity contribution in [2.45, 2.75) is 61.6 Å². The van der Waals surface area contributed by atoms with Crippen LogP contribution in [0.1, 0.15) is 19.3 Å². The topological polar surface area (TPSA) is 350 Å². The highest BCUT2D eigenvalue weighted by Crippen LogP contribution is 2.25. The predicted octanol–water partition coefficient (Wildman–Crippen LogP) is -5.48. The van der Waals surface area contributed by atoms with Crippen molar-refractivity contribution < 1.29 is 44.1 Å². The van der Waals surface area contributed by atoms with Crippen molar-refractivity contribution in [1.29, 1.82) is 0 Å². The fourth-order valence-electron chi connectivity index (χ4n) is 5.01. The molecule has 2 unspecified atom stereocenters. The summed E-state index contributed by atoms with van der Waals surface area (Å²) < 4.78 is 0. The summed E-state index contributed by atoms with van der Waals surface area (Å²) in [5.41, 5.74) is 17.0. The number of halogens is 2. The van der Waals surface area contributed by atoms with Crippen molar-refractivity contribution in [1.82, 2.24) is 37.2 Å². The molecule has 0 aromatic heterocycles. The lowest BCUT2D eigenvalue weighted by Gasteiger charge is -2.31. The van der Waals surface area contributed by atoms with E-state index in [4.69, 9.17) is 40.4 Å². The van der Waals surface area contributed by atoms with E-state index < -0.39 is 110 Å². The van der Waals surface area contributed by atoms with Gasteiger partial charge in [0, 0.05) is 37.4 Å². The van der Waals surface area contributed by atoms with Crippen LogP contribution < -0.4 is 59.7 Å². The Morgan fingerprint density at radius 3 is 2.30 bits per heavy atom. The second-order valence-corrected chi connectivity index (χ2v) is 12.8. The standard InChI is InChI=1S/C30H44Cl2N12O9/c31-14-2-1-13(7-15(14)32)37-9-19-26(50)44-24(17-4-6-36-30(35)43-17)29(53)38-10-18(39-23(48)8-16(34)22(47)3-5-33)25(49)41-21(12-46)28(52)42-20(11-45)27(51)40-19/h1-2,7,9,16-18,20-22,24,37,45-47H,3-6,8,10-12,33-34H2,(H,38,53)(H,39,48)(H,40,51)(H,41,49)(H,42,52)(H,44,50)(H3,35,36,43)/b19-9-/t16-,17?,18?,20-,21-,22-,24-/m1/s1. The van der Waals surface area contributed by atoms with E-state index in [1.54, 1.807) is 0 Å². The molecule has 0 spiro atoms. The number of rotatable bonds is 11. The molecule has 2 heterocycles. The lowest BCUT2D eigenvalue weighted by atomic mass is 10.0. The Labute approximate surface area is 313 Å². The highest BCUT2D eigenvalue weighted by Gasteiger charge is 2.36. The second-order valence-electron chi connectivity index (χ2n) is 11.9. The van der Waals surface area contributed by atoms with E-state index in [9.17, 15) is 44.1 Å². The molecule has 23 heteroatoms. The van der Waals surface area contributed by atoms with Crippen molar-refractivity contribution in [3.05, 3.63) is 40.1 Å². The fraction of sp³-hybridized carbons (Fsp3) is 0.500. The Hall–Kier alpha value is -4.77. The number of aliphatic imine (C=N–C) groups is 1. The van der Waals surface area contributed by atoms with E-state index in [1.165, 1.54) is 18.2 Å². The van der Waals surface area contributed by atoms with Crippen LogP contribution in [-0.4, -0.2) is 132 Å². The molecule has 1 fully saturated rings. The molecule has 53 heavy (non-hydrogen) atoms. The number of carbonyl (C=O) groups is 6. The van der Waals surface area contributed by atoms with Gasteiger partial charge in [-0.25, -0.2) is 0 Å². The quantitative estimate of drug-likeness (QED) is 0.0931. The van der Waals surface area contributed by atoms with Crippen molar-refractivity contribution in [2.75, 3.05) is 38.2 Å². The van der Waals surface area contributed by atoms with E-state index in [-0.39, 0.29) is 41.9 Å². The summed E-state index contributed by atoms with van der Waals surface area (Å²) in [5.74, 6) is -6.08. The first-order valence-corrected chi connectivity index (χ1v) is 17.1. The molecule has 2 aliphatic rings. The van der Waals surface area contributed by atoms with Gasteiger partial charge in [-0.1, -0.05) is 23.2 Å². The molecule has 292 valence electrons. The third-order valence-corrected chi connectivity index (χ3v) is 8.71. The summed E-state index contributed by atoms with van der Waals surface area (Å²) in [6.45, 7) is -2.35. The van der Waals surface area contributed by atoms with Crippen LogP contribution in [0.4, 0.5) is 5.69 Å². The van der Waals surface area contributed by atoms with E-state index >= 15 is 0 Å². The van der Waals surface area contributed by atoms with Crippen LogP contribution in [0, 0.1) is 0 Å². The van der Waals surface area contributed by atoms with Gasteiger partial charge < -0.3 is 75.1 Å². The minimum Gasteiger partial charge on any atom is -0.394 e.